The van der Waals surface area contributed by atoms with Crippen molar-refractivity contribution in [3.05, 3.63) is 27.8 Å². The van der Waals surface area contributed by atoms with E-state index in [0.29, 0.717) is 26.1 Å². The smallest absolute Gasteiger partial charge is 0.322 e. The number of rotatable bonds is 3. The first-order valence-corrected chi connectivity index (χ1v) is 12.5. The predicted octanol–water partition coefficient (Wildman–Crippen LogP) is 3.54. The Morgan fingerprint density at radius 2 is 1.42 bits per heavy atom. The van der Waals surface area contributed by atoms with E-state index in [1.54, 1.807) is 4.90 Å². The van der Waals surface area contributed by atoms with Crippen molar-refractivity contribution < 1.29 is 14.4 Å². The molecule has 1 aromatic rings. The molecule has 1 aromatic carbocycles. The molecule has 31 heavy (non-hydrogen) atoms. The topological polar surface area (TPSA) is 73.0 Å². The highest BCUT2D eigenvalue weighted by Gasteiger charge is 2.38. The molecule has 168 valence electrons. The molecular weight excluding hydrogens is 507 g/mol. The summed E-state index contributed by atoms with van der Waals surface area (Å²) in [5.74, 6) is 0.330. The lowest BCUT2D eigenvalue weighted by atomic mass is 9.94. The van der Waals surface area contributed by atoms with Gasteiger partial charge in [0.05, 0.1) is 0 Å². The fourth-order valence-electron chi connectivity index (χ4n) is 4.93. The van der Waals surface area contributed by atoms with Gasteiger partial charge in [-0.2, -0.15) is 0 Å². The molecule has 3 fully saturated rings. The number of hydrogen-bond donors (Lipinski definition) is 1. The van der Waals surface area contributed by atoms with E-state index in [9.17, 15) is 14.4 Å². The van der Waals surface area contributed by atoms with Crippen LogP contribution >= 0.6 is 22.6 Å². The van der Waals surface area contributed by atoms with Crippen LogP contribution in [0.2, 0.25) is 0 Å². The number of hydrogen-bond acceptors (Lipinski definition) is 3. The van der Waals surface area contributed by atoms with Crippen molar-refractivity contribution in [3.63, 3.8) is 0 Å². The lowest BCUT2D eigenvalue weighted by Gasteiger charge is -2.37. The third kappa shape index (κ3) is 5.32. The van der Waals surface area contributed by atoms with E-state index in [1.807, 2.05) is 34.1 Å². The molecule has 3 aliphatic heterocycles. The fraction of sp³-hybridized carbons (Fsp3) is 0.609. The maximum Gasteiger partial charge on any atom is 0.322 e. The Hall–Kier alpha value is -1.84. The average Bonchev–Trinajstić information content (AvgIpc) is 3.30. The van der Waals surface area contributed by atoms with Crippen LogP contribution in [-0.2, 0) is 9.59 Å². The van der Waals surface area contributed by atoms with Crippen molar-refractivity contribution in [3.8, 4) is 0 Å². The lowest BCUT2D eigenvalue weighted by molar-refractivity contribution is -0.142. The average molecular weight is 538 g/mol. The molecule has 0 spiro atoms. The number of likely N-dealkylation sites (tertiary alicyclic amines) is 3. The largest absolute Gasteiger partial charge is 0.342 e. The Morgan fingerprint density at radius 3 is 2.10 bits per heavy atom. The summed E-state index contributed by atoms with van der Waals surface area (Å²) in [7, 11) is 0. The highest BCUT2D eigenvalue weighted by molar-refractivity contribution is 14.1. The number of halogens is 1. The van der Waals surface area contributed by atoms with Gasteiger partial charge in [-0.25, -0.2) is 4.79 Å². The van der Waals surface area contributed by atoms with E-state index in [0.717, 1.165) is 54.5 Å². The molecule has 0 unspecified atom stereocenters. The Labute approximate surface area is 197 Å². The fourth-order valence-corrected chi connectivity index (χ4v) is 5.28. The van der Waals surface area contributed by atoms with Crippen LogP contribution in [0.4, 0.5) is 10.5 Å². The summed E-state index contributed by atoms with van der Waals surface area (Å²) in [6, 6.07) is 7.01. The Bertz CT molecular complexity index is 802. The number of amides is 4. The van der Waals surface area contributed by atoms with Gasteiger partial charge in [-0.1, -0.05) is 0 Å². The third-order valence-corrected chi connectivity index (χ3v) is 7.44. The second-order valence-electron chi connectivity index (χ2n) is 8.77. The molecule has 1 N–H and O–H groups in total. The van der Waals surface area contributed by atoms with Gasteiger partial charge in [-0.3, -0.25) is 9.59 Å². The number of piperidine rings is 2. The van der Waals surface area contributed by atoms with Gasteiger partial charge in [-0.15, -0.1) is 0 Å². The van der Waals surface area contributed by atoms with Gasteiger partial charge in [0.1, 0.15) is 6.04 Å². The zero-order chi connectivity index (χ0) is 21.8. The molecule has 0 bridgehead atoms. The van der Waals surface area contributed by atoms with Crippen LogP contribution in [-0.4, -0.2) is 71.3 Å². The molecule has 0 aromatic heterocycles. The first-order chi connectivity index (χ1) is 15.0. The van der Waals surface area contributed by atoms with E-state index in [-0.39, 0.29) is 23.8 Å². The molecular formula is C23H31IN4O3. The van der Waals surface area contributed by atoms with E-state index < -0.39 is 6.04 Å². The molecule has 0 aliphatic carbocycles. The molecule has 7 nitrogen and oxygen atoms in total. The maximum absolute atomic E-state index is 13.2. The van der Waals surface area contributed by atoms with E-state index >= 15 is 0 Å². The van der Waals surface area contributed by atoms with Crippen molar-refractivity contribution in [1.82, 2.24) is 14.7 Å². The van der Waals surface area contributed by atoms with Crippen molar-refractivity contribution in [2.75, 3.05) is 38.0 Å². The molecule has 0 radical (unpaired) electrons. The highest BCUT2D eigenvalue weighted by Crippen LogP contribution is 2.26. The second-order valence-corrected chi connectivity index (χ2v) is 10.0. The van der Waals surface area contributed by atoms with Gasteiger partial charge in [0, 0.05) is 47.9 Å². The number of nitrogens with one attached hydrogen (secondary N) is 1. The van der Waals surface area contributed by atoms with Crippen LogP contribution < -0.4 is 5.32 Å². The van der Waals surface area contributed by atoms with Gasteiger partial charge in [0.15, 0.2) is 0 Å². The number of benzene rings is 1. The van der Waals surface area contributed by atoms with Gasteiger partial charge in [0.2, 0.25) is 11.8 Å². The Morgan fingerprint density at radius 1 is 0.774 bits per heavy atom. The van der Waals surface area contributed by atoms with Crippen LogP contribution in [0, 0.1) is 9.49 Å². The van der Waals surface area contributed by atoms with Gasteiger partial charge in [0.25, 0.3) is 0 Å². The summed E-state index contributed by atoms with van der Waals surface area (Å²) in [6.07, 6.45) is 6.40. The molecule has 0 saturated carbocycles. The maximum atomic E-state index is 13.2. The van der Waals surface area contributed by atoms with E-state index in [1.165, 1.54) is 6.42 Å². The normalized spacial score (nSPS) is 22.5. The summed E-state index contributed by atoms with van der Waals surface area (Å²) in [5, 5.41) is 2.92. The van der Waals surface area contributed by atoms with Crippen LogP contribution in [0.3, 0.4) is 0 Å². The first kappa shape index (κ1) is 22.4. The van der Waals surface area contributed by atoms with Crippen molar-refractivity contribution in [2.45, 2.75) is 51.0 Å². The Balaban J connectivity index is 1.30. The minimum Gasteiger partial charge on any atom is -0.342 e. The molecule has 3 aliphatic rings. The number of urea groups is 1. The van der Waals surface area contributed by atoms with Crippen LogP contribution in [0.15, 0.2) is 24.3 Å². The van der Waals surface area contributed by atoms with Crippen molar-refractivity contribution >= 4 is 46.1 Å². The minimum atomic E-state index is -0.404. The number of carbonyl (C=O) groups excluding carboxylic acids is 3. The lowest BCUT2D eigenvalue weighted by Crippen LogP contribution is -2.52. The van der Waals surface area contributed by atoms with E-state index in [4.69, 9.17) is 0 Å². The van der Waals surface area contributed by atoms with Gasteiger partial charge < -0.3 is 20.0 Å². The molecule has 4 rings (SSSR count). The zero-order valence-electron chi connectivity index (χ0n) is 17.9. The number of carbonyl (C=O) groups is 3. The van der Waals surface area contributed by atoms with Gasteiger partial charge >= 0.3 is 6.03 Å². The molecule has 1 atom stereocenters. The molecule has 3 saturated heterocycles. The quantitative estimate of drug-likeness (QED) is 0.599. The molecule has 3 heterocycles. The molecule has 8 heteroatoms. The zero-order valence-corrected chi connectivity index (χ0v) is 20.1. The summed E-state index contributed by atoms with van der Waals surface area (Å²) in [5.41, 5.74) is 0.737. The number of nitrogens with zero attached hydrogens (tertiary/aromatic N) is 3. The summed E-state index contributed by atoms with van der Waals surface area (Å²) >= 11 is 2.23. The van der Waals surface area contributed by atoms with Crippen molar-refractivity contribution in [2.24, 2.45) is 5.92 Å². The summed E-state index contributed by atoms with van der Waals surface area (Å²) < 4.78 is 1.10. The Kier molecular flexibility index (Phi) is 7.35. The monoisotopic (exact) mass is 538 g/mol. The minimum absolute atomic E-state index is 0.0270. The standard InChI is InChI=1S/C23H31IN4O3/c24-18-6-8-19(9-7-18)25-23(31)28-14-4-5-20(28)22(30)27-15-10-17(11-16-27)21(29)26-12-2-1-3-13-26/h6-9,17,20H,1-5,10-16H2,(H,25,31)/t20-/m0/s1. The predicted molar refractivity (Wildman–Crippen MR) is 128 cm³/mol. The van der Waals surface area contributed by atoms with Crippen LogP contribution in [0.5, 0.6) is 0 Å². The van der Waals surface area contributed by atoms with Crippen molar-refractivity contribution in [1.29, 1.82) is 0 Å². The molecule has 4 amide bonds. The summed E-state index contributed by atoms with van der Waals surface area (Å²) in [4.78, 5) is 44.3. The third-order valence-electron chi connectivity index (χ3n) is 6.72. The summed E-state index contributed by atoms with van der Waals surface area (Å²) in [6.45, 7) is 3.56. The van der Waals surface area contributed by atoms with Gasteiger partial charge in [-0.05, 0) is 91.8 Å². The number of anilines is 1. The van der Waals surface area contributed by atoms with Crippen LogP contribution in [0.25, 0.3) is 0 Å². The van der Waals surface area contributed by atoms with Crippen LogP contribution in [0.1, 0.15) is 44.9 Å². The SMILES string of the molecule is O=C(C1CCN(C(=O)[C@@H]2CCCN2C(=O)Nc2ccc(I)cc2)CC1)N1CCCCC1. The van der Waals surface area contributed by atoms with E-state index in [2.05, 4.69) is 27.9 Å². The highest BCUT2D eigenvalue weighted by atomic mass is 127. The first-order valence-electron chi connectivity index (χ1n) is 11.4. The second kappa shape index (κ2) is 10.2.